The Balaban J connectivity index is 1.92. The van der Waals surface area contributed by atoms with E-state index in [0.29, 0.717) is 5.69 Å². The topological polar surface area (TPSA) is 111 Å². The molecule has 106 valence electrons. The van der Waals surface area contributed by atoms with E-state index in [1.165, 1.54) is 35.1 Å². The van der Waals surface area contributed by atoms with Gasteiger partial charge in [0, 0.05) is 13.3 Å². The van der Waals surface area contributed by atoms with Crippen LogP contribution in [0.4, 0.5) is 5.69 Å². The molecular weight excluding hydrogens is 266 g/mol. The highest BCUT2D eigenvalue weighted by atomic mass is 16.5. The Bertz CT molecular complexity index is 618. The van der Waals surface area contributed by atoms with Crippen LogP contribution in [-0.2, 0) is 22.8 Å². The first-order valence-corrected chi connectivity index (χ1v) is 5.65. The average Bonchev–Trinajstić information content (AvgIpc) is 2.99. The number of amides is 1. The predicted octanol–water partition coefficient (Wildman–Crippen LogP) is 0.0204. The molecule has 9 heteroatoms. The Morgan fingerprint density at radius 2 is 2.05 bits per heavy atom. The number of methoxy groups -OCH3 is 1. The lowest BCUT2D eigenvalue weighted by Gasteiger charge is -2.02. The van der Waals surface area contributed by atoms with E-state index in [1.54, 1.807) is 6.20 Å². The van der Waals surface area contributed by atoms with Gasteiger partial charge in [0.15, 0.2) is 0 Å². The number of hydrogen-bond acceptors (Lipinski definition) is 5. The van der Waals surface area contributed by atoms with Crippen LogP contribution in [0.1, 0.15) is 10.4 Å². The van der Waals surface area contributed by atoms with Gasteiger partial charge in [-0.2, -0.15) is 10.2 Å². The number of anilines is 1. The lowest BCUT2D eigenvalue weighted by molar-refractivity contribution is -0.116. The van der Waals surface area contributed by atoms with Crippen molar-refractivity contribution in [3.8, 4) is 0 Å². The van der Waals surface area contributed by atoms with Crippen molar-refractivity contribution in [2.45, 2.75) is 13.3 Å². The lowest BCUT2D eigenvalue weighted by Crippen LogP contribution is -2.18. The molecule has 2 aromatic heterocycles. The normalized spacial score (nSPS) is 10.4. The average molecular weight is 279 g/mol. The van der Waals surface area contributed by atoms with Crippen molar-refractivity contribution >= 4 is 17.6 Å². The van der Waals surface area contributed by atoms with Crippen molar-refractivity contribution in [1.82, 2.24) is 19.6 Å². The third-order valence-electron chi connectivity index (χ3n) is 2.36. The second-order valence-electron chi connectivity index (χ2n) is 3.97. The fourth-order valence-corrected chi connectivity index (χ4v) is 1.54. The van der Waals surface area contributed by atoms with Gasteiger partial charge in [0.25, 0.3) is 0 Å². The highest BCUT2D eigenvalue weighted by molar-refractivity contribution is 5.90. The maximum Gasteiger partial charge on any atom is 0.338 e. The summed E-state index contributed by atoms with van der Waals surface area (Å²) in [7, 11) is 1.54. The first-order valence-electron chi connectivity index (χ1n) is 5.65. The number of ether oxygens (including phenoxy) is 1. The van der Waals surface area contributed by atoms with Gasteiger partial charge in [-0.1, -0.05) is 0 Å². The summed E-state index contributed by atoms with van der Waals surface area (Å²) in [6.45, 7) is 0.208. The van der Waals surface area contributed by atoms with E-state index in [-0.39, 0.29) is 24.7 Å². The van der Waals surface area contributed by atoms with Gasteiger partial charge in [-0.15, -0.1) is 0 Å². The molecule has 0 atom stereocenters. The molecule has 2 rings (SSSR count). The molecule has 20 heavy (non-hydrogen) atoms. The molecule has 0 bridgehead atoms. The minimum Gasteiger partial charge on any atom is -0.478 e. The minimum absolute atomic E-state index is 0.0331. The zero-order valence-corrected chi connectivity index (χ0v) is 10.7. The smallest absolute Gasteiger partial charge is 0.338 e. The first kappa shape index (κ1) is 13.7. The van der Waals surface area contributed by atoms with E-state index in [1.807, 2.05) is 0 Å². The summed E-state index contributed by atoms with van der Waals surface area (Å²) in [6, 6.07) is 0. The van der Waals surface area contributed by atoms with Crippen LogP contribution in [0.25, 0.3) is 0 Å². The second-order valence-corrected chi connectivity index (χ2v) is 3.97. The predicted molar refractivity (Wildman–Crippen MR) is 67.1 cm³/mol. The summed E-state index contributed by atoms with van der Waals surface area (Å²) in [5, 5.41) is 19.1. The summed E-state index contributed by atoms with van der Waals surface area (Å²) >= 11 is 0. The molecule has 0 spiro atoms. The molecule has 2 heterocycles. The minimum atomic E-state index is -1.09. The zero-order valence-electron chi connectivity index (χ0n) is 10.7. The van der Waals surface area contributed by atoms with Crippen molar-refractivity contribution in [1.29, 1.82) is 0 Å². The molecule has 0 aromatic carbocycles. The number of nitrogens with one attached hydrogen (secondary N) is 1. The molecule has 9 nitrogen and oxygen atoms in total. The molecule has 2 aromatic rings. The summed E-state index contributed by atoms with van der Waals surface area (Å²) in [4.78, 5) is 22.4. The quantitative estimate of drug-likeness (QED) is 0.771. The van der Waals surface area contributed by atoms with Crippen LogP contribution in [-0.4, -0.2) is 43.7 Å². The number of hydrogen-bond donors (Lipinski definition) is 2. The monoisotopic (exact) mass is 279 g/mol. The van der Waals surface area contributed by atoms with E-state index >= 15 is 0 Å². The van der Waals surface area contributed by atoms with Crippen molar-refractivity contribution in [2.24, 2.45) is 0 Å². The summed E-state index contributed by atoms with van der Waals surface area (Å²) in [6.07, 6.45) is 5.58. The standard InChI is InChI=1S/C11H13N5O4/c1-20-7-16-5-9(3-13-16)14-10(17)6-15-4-8(2-12-15)11(18)19/h2-5H,6-7H2,1H3,(H,14,17)(H,18,19). The lowest BCUT2D eigenvalue weighted by atomic mass is 10.4. The van der Waals surface area contributed by atoms with Crippen LogP contribution >= 0.6 is 0 Å². The molecule has 0 unspecified atom stereocenters. The molecule has 0 aliphatic rings. The van der Waals surface area contributed by atoms with Gasteiger partial charge < -0.3 is 15.2 Å². The molecule has 0 aliphatic carbocycles. The summed E-state index contributed by atoms with van der Waals surface area (Å²) < 4.78 is 7.65. The molecule has 0 saturated carbocycles. The van der Waals surface area contributed by atoms with Crippen molar-refractivity contribution < 1.29 is 19.4 Å². The van der Waals surface area contributed by atoms with Gasteiger partial charge in [-0.3, -0.25) is 9.48 Å². The number of carbonyl (C=O) groups is 2. The number of carboxylic acid groups (broad SMARTS) is 1. The summed E-state index contributed by atoms with van der Waals surface area (Å²) in [5.74, 6) is -1.42. The zero-order chi connectivity index (χ0) is 14.5. The van der Waals surface area contributed by atoms with Crippen LogP contribution in [0.15, 0.2) is 24.8 Å². The fourth-order valence-electron chi connectivity index (χ4n) is 1.54. The Labute approximate surface area is 113 Å². The highest BCUT2D eigenvalue weighted by Crippen LogP contribution is 2.05. The number of aromatic nitrogens is 4. The van der Waals surface area contributed by atoms with Crippen LogP contribution in [0.3, 0.4) is 0 Å². The third kappa shape index (κ3) is 3.42. The maximum atomic E-state index is 11.7. The summed E-state index contributed by atoms with van der Waals surface area (Å²) in [5.41, 5.74) is 0.559. The molecular formula is C11H13N5O4. The Kier molecular flexibility index (Phi) is 4.11. The largest absolute Gasteiger partial charge is 0.478 e. The van der Waals surface area contributed by atoms with Gasteiger partial charge in [0.1, 0.15) is 13.3 Å². The number of carbonyl (C=O) groups excluding carboxylic acids is 1. The van der Waals surface area contributed by atoms with Crippen LogP contribution in [0.5, 0.6) is 0 Å². The van der Waals surface area contributed by atoms with Gasteiger partial charge in [0.2, 0.25) is 5.91 Å². The van der Waals surface area contributed by atoms with E-state index < -0.39 is 5.97 Å². The van der Waals surface area contributed by atoms with Crippen molar-refractivity contribution in [2.75, 3.05) is 12.4 Å². The third-order valence-corrected chi connectivity index (χ3v) is 2.36. The van der Waals surface area contributed by atoms with E-state index in [4.69, 9.17) is 9.84 Å². The van der Waals surface area contributed by atoms with Crippen molar-refractivity contribution in [3.63, 3.8) is 0 Å². The Morgan fingerprint density at radius 1 is 1.30 bits per heavy atom. The van der Waals surface area contributed by atoms with E-state index in [0.717, 1.165) is 0 Å². The first-order chi connectivity index (χ1) is 9.58. The molecule has 0 radical (unpaired) electrons. The SMILES string of the molecule is COCn1cc(NC(=O)Cn2cc(C(=O)O)cn2)cn1. The molecule has 0 saturated heterocycles. The number of aromatic carboxylic acids is 1. The molecule has 2 N–H and O–H groups in total. The second kappa shape index (κ2) is 5.97. The van der Waals surface area contributed by atoms with Gasteiger partial charge in [0.05, 0.1) is 29.8 Å². The highest BCUT2D eigenvalue weighted by Gasteiger charge is 2.09. The van der Waals surface area contributed by atoms with Crippen LogP contribution in [0, 0.1) is 0 Å². The molecule has 1 amide bonds. The number of rotatable bonds is 6. The molecule has 0 fully saturated rings. The van der Waals surface area contributed by atoms with Crippen LogP contribution in [0.2, 0.25) is 0 Å². The fraction of sp³-hybridized carbons (Fsp3) is 0.273. The molecule has 0 aliphatic heterocycles. The van der Waals surface area contributed by atoms with Crippen molar-refractivity contribution in [3.05, 3.63) is 30.4 Å². The van der Waals surface area contributed by atoms with E-state index in [2.05, 4.69) is 15.5 Å². The Hall–Kier alpha value is -2.68. The Morgan fingerprint density at radius 3 is 2.70 bits per heavy atom. The number of carboxylic acids is 1. The van der Waals surface area contributed by atoms with Gasteiger partial charge in [-0.05, 0) is 0 Å². The maximum absolute atomic E-state index is 11.7. The van der Waals surface area contributed by atoms with Gasteiger partial charge >= 0.3 is 5.97 Å². The van der Waals surface area contributed by atoms with E-state index in [9.17, 15) is 9.59 Å². The number of nitrogens with zero attached hydrogens (tertiary/aromatic N) is 4. The van der Waals surface area contributed by atoms with Crippen LogP contribution < -0.4 is 5.32 Å². The van der Waals surface area contributed by atoms with Gasteiger partial charge in [-0.25, -0.2) is 9.48 Å².